The third-order valence-corrected chi connectivity index (χ3v) is 7.41. The second kappa shape index (κ2) is 7.72. The number of imidazole rings is 1. The van der Waals surface area contributed by atoms with Crippen LogP contribution in [0.1, 0.15) is 17.7 Å². The molecule has 6 nitrogen and oxygen atoms in total. The van der Waals surface area contributed by atoms with Gasteiger partial charge in [-0.25, -0.2) is 13.0 Å². The van der Waals surface area contributed by atoms with Crippen LogP contribution in [0.3, 0.4) is 0 Å². The van der Waals surface area contributed by atoms with Gasteiger partial charge in [0.15, 0.2) is 11.4 Å². The van der Waals surface area contributed by atoms with Gasteiger partial charge < -0.3 is 4.74 Å². The average Bonchev–Trinajstić information content (AvgIpc) is 3.24. The number of rotatable bonds is 5. The summed E-state index contributed by atoms with van der Waals surface area (Å²) in [5, 5.41) is 0.737. The van der Waals surface area contributed by atoms with Crippen molar-refractivity contribution < 1.29 is 17.7 Å². The summed E-state index contributed by atoms with van der Waals surface area (Å²) in [6, 6.07) is 13.3. The second-order valence-corrected chi connectivity index (χ2v) is 9.53. The number of benzene rings is 2. The predicted octanol–water partition coefficient (Wildman–Crippen LogP) is 3.32. The van der Waals surface area contributed by atoms with E-state index in [1.807, 2.05) is 60.4 Å². The van der Waals surface area contributed by atoms with Crippen LogP contribution in [0.5, 0.6) is 5.75 Å². The van der Waals surface area contributed by atoms with Gasteiger partial charge in [0.05, 0.1) is 18.6 Å². The molecule has 0 unspecified atom stereocenters. The van der Waals surface area contributed by atoms with Crippen LogP contribution in [0.4, 0.5) is 5.69 Å². The number of hydrogen-bond donors (Lipinski definition) is 0. The van der Waals surface area contributed by atoms with Gasteiger partial charge >= 0.3 is 0 Å². The maximum Gasteiger partial charge on any atom is 0.249 e. The van der Waals surface area contributed by atoms with Gasteiger partial charge in [-0.05, 0) is 24.6 Å². The lowest BCUT2D eigenvalue weighted by molar-refractivity contribution is -0.595. The molecule has 4 rings (SSSR count). The SMILES string of the molecule is COc1cc(N2CCCS2(=O)=O)ccc1-[n+]1cc(C)n(Cc2ccccc2Cl)c1. The Labute approximate surface area is 176 Å². The van der Waals surface area contributed by atoms with Crippen LogP contribution in [0.15, 0.2) is 55.0 Å². The fraction of sp³-hybridized carbons (Fsp3) is 0.286. The summed E-state index contributed by atoms with van der Waals surface area (Å²) in [4.78, 5) is 0. The zero-order valence-corrected chi connectivity index (χ0v) is 17.9. The standard InChI is InChI=1S/C21H23ClN3O3S/c1-16-13-24(15-23(16)14-17-6-3-4-7-19(17)22)20-9-8-18(12-21(20)28-2)25-10-5-11-29(25,26)27/h3-4,6-9,12-13,15H,5,10-11,14H2,1-2H3/q+1. The quantitative estimate of drug-likeness (QED) is 0.581. The molecule has 8 heteroatoms. The molecule has 3 aromatic rings. The van der Waals surface area contributed by atoms with Gasteiger partial charge in [-0.3, -0.25) is 4.31 Å². The van der Waals surface area contributed by atoms with Gasteiger partial charge in [0.25, 0.3) is 0 Å². The fourth-order valence-corrected chi connectivity index (χ4v) is 5.37. The van der Waals surface area contributed by atoms with Crippen molar-refractivity contribution in [1.82, 2.24) is 4.57 Å². The van der Waals surface area contributed by atoms with E-state index in [0.717, 1.165) is 22.0 Å². The summed E-state index contributed by atoms with van der Waals surface area (Å²) < 4.78 is 35.6. The highest BCUT2D eigenvalue weighted by molar-refractivity contribution is 7.93. The summed E-state index contributed by atoms with van der Waals surface area (Å²) in [5.74, 6) is 0.806. The zero-order valence-electron chi connectivity index (χ0n) is 16.4. The molecule has 1 fully saturated rings. The summed E-state index contributed by atoms with van der Waals surface area (Å²) in [6.07, 6.45) is 4.65. The van der Waals surface area contributed by atoms with E-state index in [1.165, 1.54) is 4.31 Å². The molecule has 2 heterocycles. The molecule has 1 saturated heterocycles. The third-order valence-electron chi connectivity index (χ3n) is 5.17. The van der Waals surface area contributed by atoms with Crippen molar-refractivity contribution in [3.8, 4) is 11.4 Å². The fourth-order valence-electron chi connectivity index (χ4n) is 3.62. The van der Waals surface area contributed by atoms with Gasteiger partial charge in [-0.1, -0.05) is 29.8 Å². The molecule has 0 spiro atoms. The van der Waals surface area contributed by atoms with Crippen LogP contribution in [0, 0.1) is 6.92 Å². The minimum atomic E-state index is -3.23. The number of anilines is 1. The Balaban J connectivity index is 1.67. The van der Waals surface area contributed by atoms with E-state index in [2.05, 4.69) is 4.57 Å². The third kappa shape index (κ3) is 3.84. The molecule has 2 aromatic carbocycles. The van der Waals surface area contributed by atoms with Gasteiger partial charge in [0, 0.05) is 30.1 Å². The summed E-state index contributed by atoms with van der Waals surface area (Å²) in [6.45, 7) is 3.20. The number of methoxy groups -OCH3 is 1. The number of sulfonamides is 1. The minimum Gasteiger partial charge on any atom is -0.492 e. The highest BCUT2D eigenvalue weighted by Gasteiger charge is 2.29. The molecule has 1 aromatic heterocycles. The number of ether oxygens (including phenoxy) is 1. The number of hydrogen-bond acceptors (Lipinski definition) is 3. The number of aromatic nitrogens is 2. The van der Waals surface area contributed by atoms with E-state index < -0.39 is 10.0 Å². The van der Waals surface area contributed by atoms with E-state index in [0.29, 0.717) is 30.9 Å². The molecule has 0 N–H and O–H groups in total. The summed E-state index contributed by atoms with van der Waals surface area (Å²) >= 11 is 6.31. The van der Waals surface area contributed by atoms with Gasteiger partial charge in [-0.15, -0.1) is 0 Å². The Bertz CT molecular complexity index is 1160. The highest BCUT2D eigenvalue weighted by atomic mass is 35.5. The lowest BCUT2D eigenvalue weighted by atomic mass is 10.2. The molecule has 1 aliphatic rings. The van der Waals surface area contributed by atoms with E-state index in [9.17, 15) is 8.42 Å². The van der Waals surface area contributed by atoms with Crippen molar-refractivity contribution >= 4 is 27.3 Å². The van der Waals surface area contributed by atoms with Crippen LogP contribution < -0.4 is 13.6 Å². The highest BCUT2D eigenvalue weighted by Crippen LogP contribution is 2.30. The zero-order chi connectivity index (χ0) is 20.6. The predicted molar refractivity (Wildman–Crippen MR) is 114 cm³/mol. The molecule has 0 aliphatic carbocycles. The molecule has 0 bridgehead atoms. The van der Waals surface area contributed by atoms with Crippen LogP contribution in [-0.2, 0) is 16.6 Å². The molecule has 0 atom stereocenters. The molecule has 0 radical (unpaired) electrons. The van der Waals surface area contributed by atoms with Gasteiger partial charge in [-0.2, -0.15) is 4.57 Å². The van der Waals surface area contributed by atoms with Crippen molar-refractivity contribution in [2.45, 2.75) is 19.9 Å². The maximum atomic E-state index is 12.2. The van der Waals surface area contributed by atoms with Crippen molar-refractivity contribution in [3.63, 3.8) is 0 Å². The Morgan fingerprint density at radius 1 is 1.21 bits per heavy atom. The lowest BCUT2D eigenvalue weighted by Crippen LogP contribution is -2.29. The normalized spacial score (nSPS) is 15.6. The summed E-state index contributed by atoms with van der Waals surface area (Å²) in [7, 11) is -1.64. The number of nitrogens with zero attached hydrogens (tertiary/aromatic N) is 3. The first-order chi connectivity index (χ1) is 13.9. The van der Waals surface area contributed by atoms with E-state index >= 15 is 0 Å². The molecular formula is C21H23ClN3O3S+. The van der Waals surface area contributed by atoms with Crippen LogP contribution >= 0.6 is 11.6 Å². The Kier molecular flexibility index (Phi) is 5.27. The maximum absolute atomic E-state index is 12.2. The van der Waals surface area contributed by atoms with Crippen LogP contribution in [-0.4, -0.2) is 32.4 Å². The van der Waals surface area contributed by atoms with E-state index in [1.54, 1.807) is 13.2 Å². The lowest BCUT2D eigenvalue weighted by Gasteiger charge is -2.18. The topological polar surface area (TPSA) is 55.4 Å². The van der Waals surface area contributed by atoms with Gasteiger partial charge in [0.1, 0.15) is 18.4 Å². The van der Waals surface area contributed by atoms with Crippen molar-refractivity contribution in [3.05, 3.63) is 71.3 Å². The Hall–Kier alpha value is -2.51. The Morgan fingerprint density at radius 2 is 2.00 bits per heavy atom. The first-order valence-electron chi connectivity index (χ1n) is 9.39. The number of aryl methyl sites for hydroxylation is 1. The molecule has 29 heavy (non-hydrogen) atoms. The first-order valence-corrected chi connectivity index (χ1v) is 11.4. The van der Waals surface area contributed by atoms with E-state index in [-0.39, 0.29) is 5.75 Å². The molecule has 0 amide bonds. The smallest absolute Gasteiger partial charge is 0.249 e. The van der Waals surface area contributed by atoms with Crippen molar-refractivity contribution in [1.29, 1.82) is 0 Å². The largest absolute Gasteiger partial charge is 0.492 e. The average molecular weight is 433 g/mol. The van der Waals surface area contributed by atoms with Crippen LogP contribution in [0.2, 0.25) is 5.02 Å². The monoisotopic (exact) mass is 432 g/mol. The van der Waals surface area contributed by atoms with Gasteiger partial charge in [0.2, 0.25) is 16.4 Å². The first kappa shape index (κ1) is 19.8. The van der Waals surface area contributed by atoms with E-state index in [4.69, 9.17) is 16.3 Å². The van der Waals surface area contributed by atoms with Crippen molar-refractivity contribution in [2.75, 3.05) is 23.7 Å². The summed E-state index contributed by atoms with van der Waals surface area (Å²) in [5.41, 5.74) is 3.59. The molecule has 1 aliphatic heterocycles. The Morgan fingerprint density at radius 3 is 2.69 bits per heavy atom. The molecule has 152 valence electrons. The van der Waals surface area contributed by atoms with Crippen LogP contribution in [0.25, 0.3) is 5.69 Å². The minimum absolute atomic E-state index is 0.190. The molecular weight excluding hydrogens is 410 g/mol. The van der Waals surface area contributed by atoms with Crippen molar-refractivity contribution in [2.24, 2.45) is 0 Å². The molecule has 0 saturated carbocycles. The number of halogens is 1. The second-order valence-electron chi connectivity index (χ2n) is 7.11.